The van der Waals surface area contributed by atoms with Crippen LogP contribution < -0.4 is 4.74 Å². The molecule has 0 fully saturated rings. The van der Waals surface area contributed by atoms with Crippen molar-refractivity contribution in [3.8, 4) is 11.8 Å². The topological polar surface area (TPSA) is 96.2 Å². The van der Waals surface area contributed by atoms with Gasteiger partial charge < -0.3 is 4.74 Å². The van der Waals surface area contributed by atoms with Gasteiger partial charge in [-0.05, 0) is 0 Å². The van der Waals surface area contributed by atoms with Crippen LogP contribution in [0.2, 0.25) is 4.47 Å². The molecular formula is C12H9ClF2N4O3S2. The molecule has 7 nitrogen and oxygen atoms in total. The Morgan fingerprint density at radius 1 is 1.46 bits per heavy atom. The number of hydrogen-bond donors (Lipinski definition) is 0. The first-order valence-electron chi connectivity index (χ1n) is 6.15. The Balaban J connectivity index is 2.39. The second kappa shape index (κ2) is 7.35. The molecule has 0 aliphatic rings. The molecule has 2 aromatic heterocycles. The lowest BCUT2D eigenvalue weighted by atomic mass is 10.3. The fourth-order valence-corrected chi connectivity index (χ4v) is 4.10. The zero-order valence-electron chi connectivity index (χ0n) is 12.0. The quantitative estimate of drug-likeness (QED) is 0.746. The van der Waals surface area contributed by atoms with E-state index in [9.17, 15) is 17.2 Å². The molecule has 0 saturated heterocycles. The standard InChI is InChI=1S/C12H9ClF2N4O3S2/c1-19(6-7-3-18-11(13)23-7)24(20,21)10-5-17-4-9(8(10)2-16)22-12(14)15/h3-5,12H,6H2,1H3. The molecule has 128 valence electrons. The molecule has 0 saturated carbocycles. The summed E-state index contributed by atoms with van der Waals surface area (Å²) in [6.07, 6.45) is 3.17. The van der Waals surface area contributed by atoms with Crippen molar-refractivity contribution < 1.29 is 21.9 Å². The molecular weight excluding hydrogens is 386 g/mol. The largest absolute Gasteiger partial charge is 0.432 e. The molecule has 0 bridgehead atoms. The number of halogens is 3. The molecule has 2 rings (SSSR count). The van der Waals surface area contributed by atoms with Crippen molar-refractivity contribution in [2.75, 3.05) is 7.05 Å². The summed E-state index contributed by atoms with van der Waals surface area (Å²) >= 11 is 6.78. The number of alkyl halides is 2. The lowest BCUT2D eigenvalue weighted by Crippen LogP contribution is -2.27. The number of ether oxygens (including phenoxy) is 1. The maximum Gasteiger partial charge on any atom is 0.387 e. The number of nitriles is 1. The van der Waals surface area contributed by atoms with Gasteiger partial charge in [0.05, 0.1) is 6.20 Å². The van der Waals surface area contributed by atoms with E-state index in [2.05, 4.69) is 14.7 Å². The number of aromatic nitrogens is 2. The predicted octanol–water partition coefficient (Wildman–Crippen LogP) is 2.49. The molecule has 12 heteroatoms. The smallest absolute Gasteiger partial charge is 0.387 e. The molecule has 2 aromatic rings. The highest BCUT2D eigenvalue weighted by molar-refractivity contribution is 7.89. The minimum Gasteiger partial charge on any atom is -0.432 e. The van der Waals surface area contributed by atoms with E-state index >= 15 is 0 Å². The molecule has 0 spiro atoms. The first-order chi connectivity index (χ1) is 11.3. The number of thiazole rings is 1. The van der Waals surface area contributed by atoms with E-state index in [-0.39, 0.29) is 11.0 Å². The summed E-state index contributed by atoms with van der Waals surface area (Å²) in [5.74, 6) is -0.609. The van der Waals surface area contributed by atoms with Gasteiger partial charge in [-0.25, -0.2) is 13.4 Å². The summed E-state index contributed by atoms with van der Waals surface area (Å²) in [6, 6.07) is 1.56. The minimum absolute atomic E-state index is 0.0580. The lowest BCUT2D eigenvalue weighted by Gasteiger charge is -2.17. The summed E-state index contributed by atoms with van der Waals surface area (Å²) in [5, 5.41) is 9.14. The number of sulfonamides is 1. The summed E-state index contributed by atoms with van der Waals surface area (Å²) in [6.45, 7) is -3.27. The van der Waals surface area contributed by atoms with Gasteiger partial charge in [0.15, 0.2) is 10.2 Å². The molecule has 0 aliphatic carbocycles. The first-order valence-corrected chi connectivity index (χ1v) is 8.78. The van der Waals surface area contributed by atoms with Crippen LogP contribution in [0.25, 0.3) is 0 Å². The highest BCUT2D eigenvalue weighted by Crippen LogP contribution is 2.28. The Hall–Kier alpha value is -1.87. The molecule has 0 unspecified atom stereocenters. The lowest BCUT2D eigenvalue weighted by molar-refractivity contribution is -0.0504. The van der Waals surface area contributed by atoms with Gasteiger partial charge in [0, 0.05) is 30.9 Å². The summed E-state index contributed by atoms with van der Waals surface area (Å²) in [4.78, 5) is 7.40. The Morgan fingerprint density at radius 3 is 2.71 bits per heavy atom. The third kappa shape index (κ3) is 3.96. The summed E-state index contributed by atoms with van der Waals surface area (Å²) < 4.78 is 55.3. The maximum atomic E-state index is 12.6. The third-order valence-corrected chi connectivity index (χ3v) is 5.71. The Morgan fingerprint density at radius 2 is 2.17 bits per heavy atom. The van der Waals surface area contributed by atoms with Gasteiger partial charge in [0.2, 0.25) is 10.0 Å². The van der Waals surface area contributed by atoms with E-state index < -0.39 is 32.8 Å². The van der Waals surface area contributed by atoms with Gasteiger partial charge in [-0.15, -0.1) is 11.3 Å². The van der Waals surface area contributed by atoms with E-state index in [0.717, 1.165) is 28.0 Å². The molecule has 0 aliphatic heterocycles. The van der Waals surface area contributed by atoms with Crippen molar-refractivity contribution in [2.45, 2.75) is 18.1 Å². The number of hydrogen-bond acceptors (Lipinski definition) is 7. The Bertz CT molecular complexity index is 883. The van der Waals surface area contributed by atoms with E-state index in [4.69, 9.17) is 16.9 Å². The minimum atomic E-state index is -4.17. The van der Waals surface area contributed by atoms with Gasteiger partial charge in [-0.2, -0.15) is 18.3 Å². The van der Waals surface area contributed by atoms with E-state index in [1.807, 2.05) is 0 Å². The van der Waals surface area contributed by atoms with Crippen molar-refractivity contribution in [3.63, 3.8) is 0 Å². The molecule has 24 heavy (non-hydrogen) atoms. The summed E-state index contributed by atoms with van der Waals surface area (Å²) in [5.41, 5.74) is -0.542. The van der Waals surface area contributed by atoms with Crippen molar-refractivity contribution in [1.82, 2.24) is 14.3 Å². The normalized spacial score (nSPS) is 11.7. The Labute approximate surface area is 145 Å². The third-order valence-electron chi connectivity index (χ3n) is 2.80. The van der Waals surface area contributed by atoms with Crippen molar-refractivity contribution in [3.05, 3.63) is 33.5 Å². The summed E-state index contributed by atoms with van der Waals surface area (Å²) in [7, 11) is -2.90. The van der Waals surface area contributed by atoms with Crippen molar-refractivity contribution in [2.24, 2.45) is 0 Å². The fourth-order valence-electron chi connectivity index (χ4n) is 1.74. The molecule has 0 aromatic carbocycles. The monoisotopic (exact) mass is 394 g/mol. The van der Waals surface area contributed by atoms with Crippen LogP contribution in [-0.4, -0.2) is 36.4 Å². The number of rotatable bonds is 6. The number of nitrogens with zero attached hydrogens (tertiary/aromatic N) is 4. The maximum absolute atomic E-state index is 12.6. The van der Waals surface area contributed by atoms with Crippen LogP contribution in [0.3, 0.4) is 0 Å². The highest BCUT2D eigenvalue weighted by Gasteiger charge is 2.28. The second-order valence-corrected chi connectivity index (χ2v) is 8.05. The van der Waals surface area contributed by atoms with Crippen molar-refractivity contribution >= 4 is 33.0 Å². The molecule has 0 atom stereocenters. The highest BCUT2D eigenvalue weighted by atomic mass is 35.5. The zero-order valence-corrected chi connectivity index (χ0v) is 14.4. The molecule has 0 radical (unpaired) electrons. The fraction of sp³-hybridized carbons (Fsp3) is 0.250. The average Bonchev–Trinajstić information content (AvgIpc) is 2.91. The first kappa shape index (κ1) is 18.5. The van der Waals surface area contributed by atoms with E-state index in [1.165, 1.54) is 13.2 Å². The van der Waals surface area contributed by atoms with Gasteiger partial charge in [0.25, 0.3) is 0 Å². The average molecular weight is 395 g/mol. The van der Waals surface area contributed by atoms with Crippen LogP contribution in [0.15, 0.2) is 23.5 Å². The molecule has 2 heterocycles. The molecule has 0 N–H and O–H groups in total. The van der Waals surface area contributed by atoms with Crippen LogP contribution in [0.4, 0.5) is 8.78 Å². The van der Waals surface area contributed by atoms with Crippen LogP contribution in [0, 0.1) is 11.3 Å². The Kier molecular flexibility index (Phi) is 5.66. The van der Waals surface area contributed by atoms with Crippen LogP contribution in [-0.2, 0) is 16.6 Å². The second-order valence-electron chi connectivity index (χ2n) is 4.34. The van der Waals surface area contributed by atoms with Gasteiger partial charge >= 0.3 is 6.61 Å². The van der Waals surface area contributed by atoms with Crippen LogP contribution in [0.5, 0.6) is 5.75 Å². The zero-order chi connectivity index (χ0) is 17.9. The predicted molar refractivity (Wildman–Crippen MR) is 81.4 cm³/mol. The van der Waals surface area contributed by atoms with E-state index in [1.54, 1.807) is 6.07 Å². The SMILES string of the molecule is CN(Cc1cnc(Cl)s1)S(=O)(=O)c1cncc(OC(F)F)c1C#N. The molecule has 0 amide bonds. The van der Waals surface area contributed by atoms with Gasteiger partial charge in [0.1, 0.15) is 16.5 Å². The number of pyridine rings is 1. The van der Waals surface area contributed by atoms with Gasteiger partial charge in [-0.3, -0.25) is 4.98 Å². The van der Waals surface area contributed by atoms with Crippen molar-refractivity contribution in [1.29, 1.82) is 5.26 Å². The van der Waals surface area contributed by atoms with Crippen LogP contribution >= 0.6 is 22.9 Å². The van der Waals surface area contributed by atoms with Gasteiger partial charge in [-0.1, -0.05) is 11.6 Å². The van der Waals surface area contributed by atoms with Crippen LogP contribution in [0.1, 0.15) is 10.4 Å². The van der Waals surface area contributed by atoms with E-state index in [0.29, 0.717) is 4.88 Å².